The second-order valence-electron chi connectivity index (χ2n) is 7.17. The van der Waals surface area contributed by atoms with E-state index in [1.165, 1.54) is 12.0 Å². The molecule has 2 heterocycles. The van der Waals surface area contributed by atoms with Gasteiger partial charge in [-0.25, -0.2) is 9.97 Å². The first kappa shape index (κ1) is 19.1. The third-order valence-electron chi connectivity index (χ3n) is 4.73. The van der Waals surface area contributed by atoms with Crippen molar-refractivity contribution in [3.05, 3.63) is 41.7 Å². The van der Waals surface area contributed by atoms with E-state index in [9.17, 15) is 5.26 Å². The monoisotopic (exact) mass is 365 g/mol. The molecule has 1 saturated heterocycles. The van der Waals surface area contributed by atoms with Crippen molar-refractivity contribution in [3.63, 3.8) is 0 Å². The summed E-state index contributed by atoms with van der Waals surface area (Å²) < 4.78 is 0. The highest BCUT2D eigenvalue weighted by atomic mass is 15.2. The predicted octanol–water partition coefficient (Wildman–Crippen LogP) is 2.34. The molecule has 2 aromatic rings. The van der Waals surface area contributed by atoms with Gasteiger partial charge in [-0.2, -0.15) is 5.26 Å². The molecule has 27 heavy (non-hydrogen) atoms. The minimum Gasteiger partial charge on any atom is -0.354 e. The first-order chi connectivity index (χ1) is 13.1. The summed E-state index contributed by atoms with van der Waals surface area (Å²) in [6.07, 6.45) is 3.98. The number of nitrogens with zero attached hydrogens (tertiary/aromatic N) is 5. The Bertz CT molecular complexity index is 795. The summed E-state index contributed by atoms with van der Waals surface area (Å²) in [7, 11) is 6.09. The number of hydrogen-bond donors (Lipinski definition) is 2. The third-order valence-corrected chi connectivity index (χ3v) is 4.73. The second kappa shape index (κ2) is 8.80. The van der Waals surface area contributed by atoms with Crippen molar-refractivity contribution in [2.75, 3.05) is 44.4 Å². The summed E-state index contributed by atoms with van der Waals surface area (Å²) in [6, 6.07) is 10.8. The molecule has 1 fully saturated rings. The van der Waals surface area contributed by atoms with Gasteiger partial charge in [-0.3, -0.25) is 0 Å². The topological polar surface area (TPSA) is 80.1 Å². The zero-order chi connectivity index (χ0) is 19.2. The molecule has 0 amide bonds. The first-order valence-electron chi connectivity index (χ1n) is 9.29. The van der Waals surface area contributed by atoms with Crippen LogP contribution in [-0.4, -0.2) is 55.1 Å². The van der Waals surface area contributed by atoms with Gasteiger partial charge in [0, 0.05) is 31.4 Å². The number of piperidine rings is 1. The highest BCUT2D eigenvalue weighted by Crippen LogP contribution is 2.23. The molecule has 0 aliphatic carbocycles. The lowest BCUT2D eigenvalue weighted by Gasteiger charge is -2.33. The van der Waals surface area contributed by atoms with E-state index >= 15 is 0 Å². The maximum Gasteiger partial charge on any atom is 0.183 e. The van der Waals surface area contributed by atoms with Crippen molar-refractivity contribution in [2.45, 2.75) is 25.4 Å². The van der Waals surface area contributed by atoms with E-state index in [4.69, 9.17) is 4.98 Å². The van der Waals surface area contributed by atoms with Gasteiger partial charge in [-0.05, 0) is 51.7 Å². The molecule has 1 atom stereocenters. The molecule has 3 rings (SSSR count). The van der Waals surface area contributed by atoms with E-state index in [2.05, 4.69) is 43.6 Å². The maximum absolute atomic E-state index is 9.40. The summed E-state index contributed by atoms with van der Waals surface area (Å²) >= 11 is 0. The van der Waals surface area contributed by atoms with E-state index < -0.39 is 0 Å². The second-order valence-corrected chi connectivity index (χ2v) is 7.17. The summed E-state index contributed by atoms with van der Waals surface area (Å²) in [5.41, 5.74) is 2.43. The van der Waals surface area contributed by atoms with Gasteiger partial charge in [0.1, 0.15) is 11.9 Å². The van der Waals surface area contributed by atoms with Crippen LogP contribution in [0.3, 0.4) is 0 Å². The summed E-state index contributed by atoms with van der Waals surface area (Å²) in [5, 5.41) is 16.0. The molecule has 1 aliphatic heterocycles. The molecular weight excluding hydrogens is 338 g/mol. The van der Waals surface area contributed by atoms with Gasteiger partial charge < -0.3 is 20.4 Å². The van der Waals surface area contributed by atoms with E-state index in [0.29, 0.717) is 17.6 Å². The third kappa shape index (κ3) is 4.94. The largest absolute Gasteiger partial charge is 0.354 e. The van der Waals surface area contributed by atoms with Crippen LogP contribution in [0, 0.1) is 11.3 Å². The molecule has 0 spiro atoms. The predicted molar refractivity (Wildman–Crippen MR) is 108 cm³/mol. The molecule has 1 aromatic carbocycles. The Hall–Kier alpha value is -2.69. The number of benzene rings is 1. The molecule has 2 N–H and O–H groups in total. The Morgan fingerprint density at radius 3 is 2.74 bits per heavy atom. The van der Waals surface area contributed by atoms with Crippen LogP contribution in [0.25, 0.3) is 0 Å². The minimum absolute atomic E-state index is 0.304. The van der Waals surface area contributed by atoms with Crippen LogP contribution in [0.15, 0.2) is 30.5 Å². The molecule has 0 radical (unpaired) electrons. The van der Waals surface area contributed by atoms with Crippen LogP contribution >= 0.6 is 0 Å². The van der Waals surface area contributed by atoms with Gasteiger partial charge >= 0.3 is 0 Å². The zero-order valence-electron chi connectivity index (χ0n) is 16.2. The van der Waals surface area contributed by atoms with Crippen molar-refractivity contribution in [1.29, 1.82) is 5.26 Å². The Morgan fingerprint density at radius 1 is 1.30 bits per heavy atom. The van der Waals surface area contributed by atoms with Gasteiger partial charge in [-0.15, -0.1) is 0 Å². The summed E-state index contributed by atoms with van der Waals surface area (Å²) in [6.45, 7) is 2.74. The Kier molecular flexibility index (Phi) is 6.22. The van der Waals surface area contributed by atoms with E-state index in [1.54, 1.807) is 6.20 Å². The smallest absolute Gasteiger partial charge is 0.183 e. The summed E-state index contributed by atoms with van der Waals surface area (Å²) in [5.74, 6) is 1.31. The lowest BCUT2D eigenvalue weighted by molar-refractivity contribution is 0.402. The van der Waals surface area contributed by atoms with Gasteiger partial charge in [-0.1, -0.05) is 12.1 Å². The molecule has 142 valence electrons. The van der Waals surface area contributed by atoms with Gasteiger partial charge in [0.2, 0.25) is 0 Å². The minimum atomic E-state index is 0.304. The molecule has 1 aromatic heterocycles. The van der Waals surface area contributed by atoms with Crippen LogP contribution in [0.1, 0.15) is 24.1 Å². The fraction of sp³-hybridized carbons (Fsp3) is 0.450. The summed E-state index contributed by atoms with van der Waals surface area (Å²) in [4.78, 5) is 13.4. The van der Waals surface area contributed by atoms with Gasteiger partial charge in [0.05, 0.1) is 6.20 Å². The molecular formula is C20H27N7. The standard InChI is InChI=1S/C20H27N7/c1-22-17-5-4-10-27(14-17)19-12-23-18(11-21)20(25-19)24-16-8-6-15(7-9-16)13-26(2)3/h6-9,12,17,22H,4-5,10,13-14H2,1-3H3,(H,24,25)/t17-/m1/s1. The van der Waals surface area contributed by atoms with E-state index in [1.807, 2.05) is 33.3 Å². The number of nitriles is 1. The fourth-order valence-corrected chi connectivity index (χ4v) is 3.32. The van der Waals surface area contributed by atoms with Crippen molar-refractivity contribution in [1.82, 2.24) is 20.2 Å². The number of rotatable bonds is 6. The maximum atomic E-state index is 9.40. The van der Waals surface area contributed by atoms with Crippen LogP contribution in [0.5, 0.6) is 0 Å². The lowest BCUT2D eigenvalue weighted by Crippen LogP contribution is -2.44. The number of aromatic nitrogens is 2. The Morgan fingerprint density at radius 2 is 2.07 bits per heavy atom. The molecule has 0 bridgehead atoms. The van der Waals surface area contributed by atoms with Gasteiger partial charge in [0.25, 0.3) is 0 Å². The van der Waals surface area contributed by atoms with Crippen molar-refractivity contribution < 1.29 is 0 Å². The molecule has 0 unspecified atom stereocenters. The van der Waals surface area contributed by atoms with Crippen molar-refractivity contribution in [2.24, 2.45) is 0 Å². The molecule has 0 saturated carbocycles. The average molecular weight is 365 g/mol. The number of likely N-dealkylation sites (N-methyl/N-ethyl adjacent to an activating group) is 1. The Labute approximate surface area is 161 Å². The SMILES string of the molecule is CN[C@@H]1CCCN(c2cnc(C#N)c(Nc3ccc(CN(C)C)cc3)n2)C1. The van der Waals surface area contributed by atoms with Crippen LogP contribution in [-0.2, 0) is 6.54 Å². The van der Waals surface area contributed by atoms with Crippen LogP contribution in [0.2, 0.25) is 0 Å². The normalized spacial score (nSPS) is 17.0. The highest BCUT2D eigenvalue weighted by Gasteiger charge is 2.21. The van der Waals surface area contributed by atoms with Crippen molar-refractivity contribution in [3.8, 4) is 6.07 Å². The number of anilines is 3. The number of hydrogen-bond acceptors (Lipinski definition) is 7. The zero-order valence-corrected chi connectivity index (χ0v) is 16.2. The van der Waals surface area contributed by atoms with Crippen LogP contribution in [0.4, 0.5) is 17.3 Å². The van der Waals surface area contributed by atoms with E-state index in [-0.39, 0.29) is 0 Å². The molecule has 1 aliphatic rings. The average Bonchev–Trinajstić information content (AvgIpc) is 2.69. The quantitative estimate of drug-likeness (QED) is 0.813. The van der Waals surface area contributed by atoms with Crippen molar-refractivity contribution >= 4 is 17.3 Å². The number of nitrogens with one attached hydrogen (secondary N) is 2. The Balaban J connectivity index is 1.79. The lowest BCUT2D eigenvalue weighted by atomic mass is 10.1. The molecule has 7 heteroatoms. The van der Waals surface area contributed by atoms with Gasteiger partial charge in [0.15, 0.2) is 11.5 Å². The highest BCUT2D eigenvalue weighted by molar-refractivity contribution is 5.63. The van der Waals surface area contributed by atoms with Crippen LogP contribution < -0.4 is 15.5 Å². The van der Waals surface area contributed by atoms with E-state index in [0.717, 1.165) is 37.6 Å². The molecule has 7 nitrogen and oxygen atoms in total. The fourth-order valence-electron chi connectivity index (χ4n) is 3.32. The first-order valence-corrected chi connectivity index (χ1v) is 9.29.